The van der Waals surface area contributed by atoms with Gasteiger partial charge in [0.05, 0.1) is 16.8 Å². The van der Waals surface area contributed by atoms with E-state index in [4.69, 9.17) is 4.98 Å². The molecule has 1 heterocycles. The van der Waals surface area contributed by atoms with Gasteiger partial charge in [0.25, 0.3) is 5.91 Å². The number of fused-ring (bicyclic) bond motifs is 1. The summed E-state index contributed by atoms with van der Waals surface area (Å²) >= 11 is 0. The monoisotopic (exact) mass is 442 g/mol. The van der Waals surface area contributed by atoms with Gasteiger partial charge in [-0.05, 0) is 46.9 Å². The number of nitrogens with zero attached hydrogens (tertiary/aromatic N) is 1. The Morgan fingerprint density at radius 2 is 1.32 bits per heavy atom. The van der Waals surface area contributed by atoms with E-state index in [2.05, 4.69) is 67.7 Å². The summed E-state index contributed by atoms with van der Waals surface area (Å²) < 4.78 is 0. The highest BCUT2D eigenvalue weighted by atomic mass is 16.1. The van der Waals surface area contributed by atoms with Crippen LogP contribution in [0.25, 0.3) is 33.3 Å². The Labute approximate surface area is 200 Å². The van der Waals surface area contributed by atoms with Crippen LogP contribution in [-0.4, -0.2) is 10.9 Å². The van der Waals surface area contributed by atoms with Crippen molar-refractivity contribution in [3.8, 4) is 22.4 Å². The van der Waals surface area contributed by atoms with Crippen LogP contribution in [0.4, 0.5) is 5.69 Å². The molecule has 34 heavy (non-hydrogen) atoms. The number of nitrogens with one attached hydrogen (secondary N) is 1. The van der Waals surface area contributed by atoms with Crippen LogP contribution in [0.3, 0.4) is 0 Å². The van der Waals surface area contributed by atoms with E-state index < -0.39 is 0 Å². The van der Waals surface area contributed by atoms with E-state index in [9.17, 15) is 4.79 Å². The molecule has 0 fully saturated rings. The highest BCUT2D eigenvalue weighted by Crippen LogP contribution is 2.28. The van der Waals surface area contributed by atoms with E-state index in [1.54, 1.807) is 0 Å². The molecule has 5 rings (SSSR count). The molecule has 0 radical (unpaired) electrons. The number of hydrogen-bond donors (Lipinski definition) is 1. The molecule has 1 aromatic heterocycles. The van der Waals surface area contributed by atoms with Crippen LogP contribution in [0.15, 0.2) is 109 Å². The Bertz CT molecular complexity index is 1440. The van der Waals surface area contributed by atoms with E-state index in [1.807, 2.05) is 60.7 Å². The molecule has 0 saturated carbocycles. The van der Waals surface area contributed by atoms with Crippen LogP contribution in [0.5, 0.6) is 0 Å². The zero-order valence-electron chi connectivity index (χ0n) is 19.3. The number of benzene rings is 4. The van der Waals surface area contributed by atoms with Gasteiger partial charge < -0.3 is 5.32 Å². The minimum Gasteiger partial charge on any atom is -0.322 e. The van der Waals surface area contributed by atoms with Crippen molar-refractivity contribution in [2.24, 2.45) is 0 Å². The van der Waals surface area contributed by atoms with E-state index in [1.165, 1.54) is 11.1 Å². The number of hydrogen-bond acceptors (Lipinski definition) is 2. The molecule has 0 bridgehead atoms. The number of rotatable bonds is 5. The van der Waals surface area contributed by atoms with Crippen molar-refractivity contribution in [2.75, 3.05) is 5.32 Å². The van der Waals surface area contributed by atoms with Crippen LogP contribution in [0, 0.1) is 0 Å². The van der Waals surface area contributed by atoms with Gasteiger partial charge in [-0.1, -0.05) is 98.8 Å². The van der Waals surface area contributed by atoms with Crippen molar-refractivity contribution < 1.29 is 4.79 Å². The molecular weight excluding hydrogens is 416 g/mol. The third kappa shape index (κ3) is 4.46. The van der Waals surface area contributed by atoms with Crippen molar-refractivity contribution in [1.29, 1.82) is 0 Å². The Hall–Kier alpha value is -4.24. The number of aromatic nitrogens is 1. The van der Waals surface area contributed by atoms with Crippen LogP contribution in [0.2, 0.25) is 0 Å². The van der Waals surface area contributed by atoms with Gasteiger partial charge in [-0.3, -0.25) is 4.79 Å². The first-order valence-corrected chi connectivity index (χ1v) is 11.6. The number of pyridine rings is 1. The lowest BCUT2D eigenvalue weighted by molar-refractivity contribution is 0.102. The van der Waals surface area contributed by atoms with E-state index >= 15 is 0 Å². The van der Waals surface area contributed by atoms with Crippen molar-refractivity contribution in [1.82, 2.24) is 4.98 Å². The summed E-state index contributed by atoms with van der Waals surface area (Å²) in [6, 6.07) is 36.3. The molecule has 0 unspecified atom stereocenters. The standard InChI is InChI=1S/C31H26N2O/c1-21(2)22-16-18-26(19-17-22)32-31(34)28-20-30(33-29-11-7-6-10-27(28)29)25-14-12-24(13-15-25)23-8-4-3-5-9-23/h3-21H,1-2H3,(H,32,34). The summed E-state index contributed by atoms with van der Waals surface area (Å²) in [5, 5.41) is 3.90. The average Bonchev–Trinajstić information content (AvgIpc) is 2.89. The number of carbonyl (C=O) groups excluding carboxylic acids is 1. The molecule has 0 spiro atoms. The van der Waals surface area contributed by atoms with Gasteiger partial charge in [-0.2, -0.15) is 0 Å². The first-order valence-electron chi connectivity index (χ1n) is 11.6. The van der Waals surface area contributed by atoms with Crippen molar-refractivity contribution in [3.63, 3.8) is 0 Å². The van der Waals surface area contributed by atoms with Crippen LogP contribution in [0.1, 0.15) is 35.7 Å². The maximum absolute atomic E-state index is 13.3. The molecule has 3 nitrogen and oxygen atoms in total. The predicted molar refractivity (Wildman–Crippen MR) is 141 cm³/mol. The summed E-state index contributed by atoms with van der Waals surface area (Å²) in [6.45, 7) is 4.31. The fraction of sp³-hybridized carbons (Fsp3) is 0.0968. The van der Waals surface area contributed by atoms with Crippen molar-refractivity contribution in [2.45, 2.75) is 19.8 Å². The molecule has 5 aromatic rings. The second-order valence-corrected chi connectivity index (χ2v) is 8.75. The molecule has 1 N–H and O–H groups in total. The molecule has 166 valence electrons. The van der Waals surface area contributed by atoms with Crippen LogP contribution >= 0.6 is 0 Å². The summed E-state index contributed by atoms with van der Waals surface area (Å²) in [4.78, 5) is 18.2. The van der Waals surface area contributed by atoms with E-state index in [-0.39, 0.29) is 5.91 Å². The second kappa shape index (κ2) is 9.32. The predicted octanol–water partition coefficient (Wildman–Crippen LogP) is 7.94. The highest BCUT2D eigenvalue weighted by Gasteiger charge is 2.14. The van der Waals surface area contributed by atoms with Gasteiger partial charge in [0.15, 0.2) is 0 Å². The number of anilines is 1. The summed E-state index contributed by atoms with van der Waals surface area (Å²) in [5.74, 6) is 0.308. The minimum absolute atomic E-state index is 0.141. The quantitative estimate of drug-likeness (QED) is 0.300. The number of amides is 1. The molecule has 0 aliphatic carbocycles. The van der Waals surface area contributed by atoms with Gasteiger partial charge in [0, 0.05) is 16.6 Å². The summed E-state index contributed by atoms with van der Waals surface area (Å²) in [5.41, 5.74) is 7.50. The topological polar surface area (TPSA) is 42.0 Å². The first kappa shape index (κ1) is 21.6. The maximum atomic E-state index is 13.3. The Balaban J connectivity index is 1.49. The summed E-state index contributed by atoms with van der Waals surface area (Å²) in [6.07, 6.45) is 0. The van der Waals surface area contributed by atoms with E-state index in [0.29, 0.717) is 11.5 Å². The lowest BCUT2D eigenvalue weighted by Gasteiger charge is -2.12. The van der Waals surface area contributed by atoms with Gasteiger partial charge in [-0.25, -0.2) is 4.98 Å². The van der Waals surface area contributed by atoms with Gasteiger partial charge in [-0.15, -0.1) is 0 Å². The molecular formula is C31H26N2O. The van der Waals surface area contributed by atoms with Crippen LogP contribution in [-0.2, 0) is 0 Å². The minimum atomic E-state index is -0.141. The largest absolute Gasteiger partial charge is 0.322 e. The number of carbonyl (C=O) groups is 1. The molecule has 1 amide bonds. The molecule has 0 atom stereocenters. The normalized spacial score (nSPS) is 11.0. The van der Waals surface area contributed by atoms with E-state index in [0.717, 1.165) is 33.4 Å². The smallest absolute Gasteiger partial charge is 0.256 e. The Morgan fingerprint density at radius 3 is 2.03 bits per heavy atom. The lowest BCUT2D eigenvalue weighted by Crippen LogP contribution is -2.13. The van der Waals surface area contributed by atoms with Crippen LogP contribution < -0.4 is 5.32 Å². The zero-order valence-corrected chi connectivity index (χ0v) is 19.3. The Kier molecular flexibility index (Phi) is 5.92. The third-order valence-corrected chi connectivity index (χ3v) is 6.08. The fourth-order valence-electron chi connectivity index (χ4n) is 4.12. The first-order chi connectivity index (χ1) is 16.6. The summed E-state index contributed by atoms with van der Waals surface area (Å²) in [7, 11) is 0. The van der Waals surface area contributed by atoms with Gasteiger partial charge in [0.2, 0.25) is 0 Å². The number of para-hydroxylation sites is 1. The SMILES string of the molecule is CC(C)c1ccc(NC(=O)c2cc(-c3ccc(-c4ccccc4)cc3)nc3ccccc23)cc1. The molecule has 0 aliphatic heterocycles. The second-order valence-electron chi connectivity index (χ2n) is 8.75. The van der Waals surface area contributed by atoms with Gasteiger partial charge >= 0.3 is 0 Å². The Morgan fingerprint density at radius 1 is 0.706 bits per heavy atom. The molecule has 4 aromatic carbocycles. The average molecular weight is 443 g/mol. The van der Waals surface area contributed by atoms with Gasteiger partial charge in [0.1, 0.15) is 0 Å². The lowest BCUT2D eigenvalue weighted by atomic mass is 10.0. The molecule has 0 aliphatic rings. The third-order valence-electron chi connectivity index (χ3n) is 6.08. The fourth-order valence-corrected chi connectivity index (χ4v) is 4.12. The zero-order chi connectivity index (χ0) is 23.5. The maximum Gasteiger partial charge on any atom is 0.256 e. The van der Waals surface area contributed by atoms with Crippen molar-refractivity contribution >= 4 is 22.5 Å². The van der Waals surface area contributed by atoms with Crippen molar-refractivity contribution in [3.05, 3.63) is 120 Å². The molecule has 0 saturated heterocycles. The molecule has 3 heteroatoms. The highest BCUT2D eigenvalue weighted by molar-refractivity contribution is 6.13.